The molecule has 4 rings (SSSR count). The fourth-order valence-electron chi connectivity index (χ4n) is 2.99. The van der Waals surface area contributed by atoms with Crippen molar-refractivity contribution in [3.63, 3.8) is 0 Å². The summed E-state index contributed by atoms with van der Waals surface area (Å²) in [4.78, 5) is 15.2. The van der Waals surface area contributed by atoms with Gasteiger partial charge in [0.2, 0.25) is 5.82 Å². The number of hydrogen-bond acceptors (Lipinski definition) is 6. The lowest BCUT2D eigenvalue weighted by Crippen LogP contribution is -2.17. The maximum absolute atomic E-state index is 12.4. The molecule has 0 radical (unpaired) electrons. The van der Waals surface area contributed by atoms with Crippen LogP contribution in [0.15, 0.2) is 59.1 Å². The van der Waals surface area contributed by atoms with Crippen LogP contribution in [0.5, 0.6) is 5.75 Å². The standard InChI is InChI=1S/C21H15F3N4O3/c1-13-8-18(26-28(13)11-14-4-2-5-15(9-14)12-29)20-25-19(27-31-20)16-6-3-7-17(10-16)30-21(22,23)24/h2-10,12H,11H2,1H3. The van der Waals surface area contributed by atoms with Gasteiger partial charge in [-0.1, -0.05) is 35.5 Å². The van der Waals surface area contributed by atoms with Gasteiger partial charge in [-0.05, 0) is 36.8 Å². The molecule has 0 N–H and O–H groups in total. The molecule has 2 aromatic carbocycles. The normalized spacial score (nSPS) is 11.5. The monoisotopic (exact) mass is 428 g/mol. The first-order valence-corrected chi connectivity index (χ1v) is 9.09. The number of aryl methyl sites for hydroxylation is 1. The Morgan fingerprint density at radius 1 is 1.13 bits per heavy atom. The highest BCUT2D eigenvalue weighted by atomic mass is 19.4. The van der Waals surface area contributed by atoms with Gasteiger partial charge in [-0.3, -0.25) is 9.48 Å². The number of carbonyl (C=O) groups is 1. The van der Waals surface area contributed by atoms with E-state index in [-0.39, 0.29) is 17.5 Å². The van der Waals surface area contributed by atoms with Crippen LogP contribution in [0.25, 0.3) is 23.0 Å². The third-order valence-electron chi connectivity index (χ3n) is 4.37. The van der Waals surface area contributed by atoms with Gasteiger partial charge in [0.05, 0.1) is 6.54 Å². The van der Waals surface area contributed by atoms with Crippen molar-refractivity contribution in [1.29, 1.82) is 0 Å². The second-order valence-corrected chi connectivity index (χ2v) is 6.69. The number of halogens is 3. The summed E-state index contributed by atoms with van der Waals surface area (Å²) in [5.41, 5.74) is 3.02. The zero-order valence-electron chi connectivity index (χ0n) is 16.1. The molecule has 0 spiro atoms. The highest BCUT2D eigenvalue weighted by Crippen LogP contribution is 2.28. The van der Waals surface area contributed by atoms with Crippen molar-refractivity contribution in [2.45, 2.75) is 19.8 Å². The second-order valence-electron chi connectivity index (χ2n) is 6.69. The SMILES string of the molecule is Cc1cc(-c2nc(-c3cccc(OC(F)(F)F)c3)no2)nn1Cc1cccc(C=O)c1. The number of rotatable bonds is 6. The van der Waals surface area contributed by atoms with Crippen LogP contribution in [0.2, 0.25) is 0 Å². The Morgan fingerprint density at radius 2 is 1.94 bits per heavy atom. The Kier molecular flexibility index (Phi) is 5.28. The summed E-state index contributed by atoms with van der Waals surface area (Å²) in [5, 5.41) is 8.30. The van der Waals surface area contributed by atoms with E-state index in [4.69, 9.17) is 4.52 Å². The molecule has 0 bridgehead atoms. The largest absolute Gasteiger partial charge is 0.573 e. The van der Waals surface area contributed by atoms with Gasteiger partial charge in [0.15, 0.2) is 5.69 Å². The molecule has 0 fully saturated rings. The average molecular weight is 428 g/mol. The quantitative estimate of drug-likeness (QED) is 0.415. The zero-order valence-corrected chi connectivity index (χ0v) is 16.1. The summed E-state index contributed by atoms with van der Waals surface area (Å²) in [6.07, 6.45) is -4.02. The van der Waals surface area contributed by atoms with Gasteiger partial charge in [-0.15, -0.1) is 13.2 Å². The summed E-state index contributed by atoms with van der Waals surface area (Å²) in [6, 6.07) is 14.2. The molecule has 0 amide bonds. The number of aromatic nitrogens is 4. The van der Waals surface area contributed by atoms with E-state index in [1.54, 1.807) is 35.0 Å². The third kappa shape index (κ3) is 4.80. The molecule has 31 heavy (non-hydrogen) atoms. The summed E-state index contributed by atoms with van der Waals surface area (Å²) < 4.78 is 48.2. The smallest absolute Gasteiger partial charge is 0.406 e. The van der Waals surface area contributed by atoms with Gasteiger partial charge in [-0.25, -0.2) is 0 Å². The maximum atomic E-state index is 12.4. The zero-order chi connectivity index (χ0) is 22.0. The molecule has 7 nitrogen and oxygen atoms in total. The molecule has 0 aliphatic heterocycles. The highest BCUT2D eigenvalue weighted by molar-refractivity contribution is 5.74. The molecule has 0 atom stereocenters. The fourth-order valence-corrected chi connectivity index (χ4v) is 2.99. The minimum Gasteiger partial charge on any atom is -0.406 e. The number of alkyl halides is 3. The van der Waals surface area contributed by atoms with Gasteiger partial charge in [0.1, 0.15) is 12.0 Å². The van der Waals surface area contributed by atoms with Crippen LogP contribution in [0.1, 0.15) is 21.6 Å². The summed E-state index contributed by atoms with van der Waals surface area (Å²) in [6.45, 7) is 2.29. The molecule has 2 aromatic heterocycles. The predicted octanol–water partition coefficient (Wildman–Crippen LogP) is 4.67. The lowest BCUT2D eigenvalue weighted by Gasteiger charge is -2.08. The van der Waals surface area contributed by atoms with Crippen molar-refractivity contribution in [1.82, 2.24) is 19.9 Å². The van der Waals surface area contributed by atoms with Gasteiger partial charge in [0, 0.05) is 16.8 Å². The Bertz CT molecular complexity index is 1230. The number of aldehydes is 1. The molecular formula is C21H15F3N4O3. The summed E-state index contributed by atoms with van der Waals surface area (Å²) in [7, 11) is 0. The molecular weight excluding hydrogens is 413 g/mol. The van der Waals surface area contributed by atoms with Crippen LogP contribution in [0.4, 0.5) is 13.2 Å². The van der Waals surface area contributed by atoms with Crippen LogP contribution in [0.3, 0.4) is 0 Å². The van der Waals surface area contributed by atoms with Crippen LogP contribution in [-0.4, -0.2) is 32.6 Å². The predicted molar refractivity (Wildman–Crippen MR) is 103 cm³/mol. The van der Waals surface area contributed by atoms with Gasteiger partial charge >= 0.3 is 6.36 Å². The molecule has 0 aliphatic carbocycles. The Labute approximate surface area is 174 Å². The highest BCUT2D eigenvalue weighted by Gasteiger charge is 2.31. The Hall–Kier alpha value is -3.95. The molecule has 0 saturated heterocycles. The van der Waals surface area contributed by atoms with E-state index >= 15 is 0 Å². The third-order valence-corrected chi connectivity index (χ3v) is 4.37. The van der Waals surface area contributed by atoms with E-state index in [1.165, 1.54) is 18.2 Å². The fraction of sp³-hybridized carbons (Fsp3) is 0.143. The van der Waals surface area contributed by atoms with E-state index < -0.39 is 6.36 Å². The van der Waals surface area contributed by atoms with Crippen molar-refractivity contribution >= 4 is 6.29 Å². The number of carbonyl (C=O) groups excluding carboxylic acids is 1. The van der Waals surface area contributed by atoms with Gasteiger partial charge < -0.3 is 9.26 Å². The van der Waals surface area contributed by atoms with E-state index in [1.807, 2.05) is 13.0 Å². The molecule has 0 saturated carbocycles. The van der Waals surface area contributed by atoms with E-state index in [9.17, 15) is 18.0 Å². The molecule has 2 heterocycles. The number of hydrogen-bond donors (Lipinski definition) is 0. The first-order valence-electron chi connectivity index (χ1n) is 9.09. The number of benzene rings is 2. The van der Waals surface area contributed by atoms with Gasteiger partial charge in [-0.2, -0.15) is 10.1 Å². The first kappa shape index (κ1) is 20.3. The average Bonchev–Trinajstić information content (AvgIpc) is 3.34. The van der Waals surface area contributed by atoms with Crippen molar-refractivity contribution in [2.24, 2.45) is 0 Å². The van der Waals surface area contributed by atoms with Gasteiger partial charge in [0.25, 0.3) is 5.89 Å². The van der Waals surface area contributed by atoms with Crippen molar-refractivity contribution in [2.75, 3.05) is 0 Å². The molecule has 0 aliphatic rings. The van der Waals surface area contributed by atoms with Crippen LogP contribution >= 0.6 is 0 Å². The Balaban J connectivity index is 1.56. The number of nitrogens with zero attached hydrogens (tertiary/aromatic N) is 4. The van der Waals surface area contributed by atoms with Crippen molar-refractivity contribution in [3.05, 3.63) is 71.4 Å². The maximum Gasteiger partial charge on any atom is 0.573 e. The topological polar surface area (TPSA) is 83.0 Å². The van der Waals surface area contributed by atoms with Crippen molar-refractivity contribution in [3.8, 4) is 28.7 Å². The first-order chi connectivity index (χ1) is 14.8. The lowest BCUT2D eigenvalue weighted by molar-refractivity contribution is -0.274. The molecule has 158 valence electrons. The molecule has 0 unspecified atom stereocenters. The lowest BCUT2D eigenvalue weighted by atomic mass is 10.1. The van der Waals surface area contributed by atoms with E-state index in [0.29, 0.717) is 23.4 Å². The minimum atomic E-state index is -4.80. The molecule has 4 aromatic rings. The number of ether oxygens (including phenoxy) is 1. The van der Waals surface area contributed by atoms with Crippen molar-refractivity contribution < 1.29 is 27.2 Å². The second kappa shape index (κ2) is 8.05. The summed E-state index contributed by atoms with van der Waals surface area (Å²) in [5.74, 6) is -0.150. The van der Waals surface area contributed by atoms with Crippen LogP contribution in [-0.2, 0) is 6.54 Å². The minimum absolute atomic E-state index is 0.105. The summed E-state index contributed by atoms with van der Waals surface area (Å²) >= 11 is 0. The van der Waals surface area contributed by atoms with Crippen LogP contribution < -0.4 is 4.74 Å². The Morgan fingerprint density at radius 3 is 2.71 bits per heavy atom. The van der Waals surface area contributed by atoms with E-state index in [0.717, 1.165) is 17.5 Å². The van der Waals surface area contributed by atoms with E-state index in [2.05, 4.69) is 20.0 Å². The molecule has 10 heteroatoms. The van der Waals surface area contributed by atoms with Crippen LogP contribution in [0, 0.1) is 6.92 Å².